The lowest BCUT2D eigenvalue weighted by atomic mass is 9.33. The predicted octanol–water partition coefficient (Wildman–Crippen LogP) is 7.51. The van der Waals surface area contributed by atoms with Crippen molar-refractivity contribution in [2.45, 2.75) is 131 Å². The van der Waals surface area contributed by atoms with E-state index in [1.165, 1.54) is 12.7 Å². The number of nitrogens with two attached hydrogens (primary N) is 1. The summed E-state index contributed by atoms with van der Waals surface area (Å²) in [6.07, 6.45) is 9.25. The van der Waals surface area contributed by atoms with Gasteiger partial charge in [0, 0.05) is 11.3 Å². The standard InChI is InChI=1S/C42H59NO7/c1-37(2)31-14-17-42(7)34(30(44)22-27-28-24-39(4,36(47)48-8)19-18-38(28,3)20-21-41(27,42)6)40(31,5)16-15-32(37)50-35(46)29(43)23-33(45)49-25-26-12-10-9-11-13-26/h9-13,22,28-29,31-32,34H,14-21,23-25,43H2,1-8H3/t28-,29-,31-,32-,34+,38+,39-,40-,41+,42+/m0/s1. The molecule has 50 heavy (non-hydrogen) atoms. The molecule has 6 rings (SSSR count). The first-order valence-corrected chi connectivity index (χ1v) is 18.8. The first kappa shape index (κ1) is 36.8. The number of methoxy groups -OCH3 is 1. The van der Waals surface area contributed by atoms with Crippen molar-refractivity contribution in [1.29, 1.82) is 0 Å². The Bertz CT molecular complexity index is 1570. The third-order valence-electron chi connectivity index (χ3n) is 15.4. The summed E-state index contributed by atoms with van der Waals surface area (Å²) in [5.74, 6) is -0.879. The number of ketones is 1. The summed E-state index contributed by atoms with van der Waals surface area (Å²) in [5, 5.41) is 0. The van der Waals surface area contributed by atoms with Crippen LogP contribution in [0.1, 0.15) is 118 Å². The van der Waals surface area contributed by atoms with Crippen LogP contribution in [0.2, 0.25) is 0 Å². The molecule has 0 aliphatic heterocycles. The normalized spacial score (nSPS) is 40.8. The second-order valence-corrected chi connectivity index (χ2v) is 18.5. The number of carbonyl (C=O) groups excluding carboxylic acids is 4. The van der Waals surface area contributed by atoms with E-state index in [1.54, 1.807) is 0 Å². The molecule has 4 saturated carbocycles. The van der Waals surface area contributed by atoms with E-state index in [1.807, 2.05) is 43.3 Å². The molecular formula is C42H59NO7. The Morgan fingerprint density at radius 3 is 2.26 bits per heavy atom. The maximum Gasteiger partial charge on any atom is 0.323 e. The van der Waals surface area contributed by atoms with Gasteiger partial charge in [-0.25, -0.2) is 0 Å². The van der Waals surface area contributed by atoms with Crippen LogP contribution in [0.25, 0.3) is 0 Å². The molecule has 1 aromatic carbocycles. The van der Waals surface area contributed by atoms with Crippen LogP contribution in [-0.2, 0) is 40.0 Å². The predicted molar refractivity (Wildman–Crippen MR) is 190 cm³/mol. The van der Waals surface area contributed by atoms with Gasteiger partial charge in [0.2, 0.25) is 0 Å². The van der Waals surface area contributed by atoms with E-state index in [2.05, 4.69) is 41.5 Å². The number of hydrogen-bond donors (Lipinski definition) is 1. The molecule has 5 aliphatic carbocycles. The third-order valence-corrected chi connectivity index (χ3v) is 15.4. The van der Waals surface area contributed by atoms with E-state index in [9.17, 15) is 19.2 Å². The molecule has 0 aromatic heterocycles. The molecule has 8 nitrogen and oxygen atoms in total. The molecule has 1 aromatic rings. The minimum absolute atomic E-state index is 0.0624. The van der Waals surface area contributed by atoms with Crippen molar-refractivity contribution < 1.29 is 33.4 Å². The van der Waals surface area contributed by atoms with E-state index >= 15 is 0 Å². The summed E-state index contributed by atoms with van der Waals surface area (Å²) in [5.41, 5.74) is 6.77. The molecule has 274 valence electrons. The Balaban J connectivity index is 1.20. The number of rotatable bonds is 7. The summed E-state index contributed by atoms with van der Waals surface area (Å²) in [6, 6.07) is 8.27. The van der Waals surface area contributed by atoms with Gasteiger partial charge >= 0.3 is 17.9 Å². The Morgan fingerprint density at radius 1 is 0.900 bits per heavy atom. The largest absolute Gasteiger partial charge is 0.469 e. The molecular weight excluding hydrogens is 630 g/mol. The molecule has 8 heteroatoms. The average Bonchev–Trinajstić information content (AvgIpc) is 3.06. The van der Waals surface area contributed by atoms with Crippen LogP contribution in [0.3, 0.4) is 0 Å². The lowest BCUT2D eigenvalue weighted by Crippen LogP contribution is -2.67. The van der Waals surface area contributed by atoms with Crippen LogP contribution >= 0.6 is 0 Å². The van der Waals surface area contributed by atoms with Crippen molar-refractivity contribution >= 4 is 23.7 Å². The van der Waals surface area contributed by atoms with Crippen molar-refractivity contribution in [3.05, 3.63) is 47.5 Å². The van der Waals surface area contributed by atoms with E-state index in [0.717, 1.165) is 56.9 Å². The van der Waals surface area contributed by atoms with Gasteiger partial charge in [0.1, 0.15) is 18.8 Å². The van der Waals surface area contributed by atoms with Gasteiger partial charge in [0.15, 0.2) is 5.78 Å². The number of esters is 3. The molecule has 10 atom stereocenters. The zero-order chi connectivity index (χ0) is 36.5. The summed E-state index contributed by atoms with van der Waals surface area (Å²) < 4.78 is 16.8. The Kier molecular flexibility index (Phi) is 9.26. The molecule has 0 bridgehead atoms. The average molecular weight is 690 g/mol. The SMILES string of the molecule is COC(=O)[C@@]1(C)CC[C@]2(C)CC[C@]3(C)C(=CC(=O)[C@@H]4[C@@]5(C)CC[C@H](OC(=O)[C@@H](N)CC(=O)OCc6ccccc6)C(C)(C)[C@@H]5CC[C@]43C)[C@@H]2C1. The molecule has 0 radical (unpaired) electrons. The highest BCUT2D eigenvalue weighted by atomic mass is 16.6. The monoisotopic (exact) mass is 689 g/mol. The molecule has 0 unspecified atom stereocenters. The summed E-state index contributed by atoms with van der Waals surface area (Å²) >= 11 is 0. The highest BCUT2D eigenvalue weighted by Crippen LogP contribution is 2.75. The van der Waals surface area contributed by atoms with E-state index in [4.69, 9.17) is 19.9 Å². The van der Waals surface area contributed by atoms with Crippen molar-refractivity contribution in [2.24, 2.45) is 56.0 Å². The van der Waals surface area contributed by atoms with Gasteiger partial charge in [-0.1, -0.05) is 77.4 Å². The molecule has 5 aliphatic rings. The highest BCUT2D eigenvalue weighted by molar-refractivity contribution is 5.95. The van der Waals surface area contributed by atoms with E-state index in [0.29, 0.717) is 6.42 Å². The van der Waals surface area contributed by atoms with Crippen LogP contribution < -0.4 is 5.73 Å². The third kappa shape index (κ3) is 5.67. The number of carbonyl (C=O) groups is 4. The van der Waals surface area contributed by atoms with E-state index < -0.39 is 28.8 Å². The number of fused-ring (bicyclic) bond motifs is 7. The smallest absolute Gasteiger partial charge is 0.323 e. The molecule has 4 fully saturated rings. The van der Waals surface area contributed by atoms with Gasteiger partial charge in [-0.05, 0) is 110 Å². The van der Waals surface area contributed by atoms with Crippen LogP contribution in [-0.4, -0.2) is 42.9 Å². The fourth-order valence-corrected chi connectivity index (χ4v) is 12.1. The minimum atomic E-state index is -1.11. The lowest BCUT2D eigenvalue weighted by Gasteiger charge is -2.70. The van der Waals surface area contributed by atoms with E-state index in [-0.39, 0.29) is 70.3 Å². The summed E-state index contributed by atoms with van der Waals surface area (Å²) in [4.78, 5) is 53.5. The number of allylic oxidation sites excluding steroid dienone is 2. The van der Waals surface area contributed by atoms with Crippen molar-refractivity contribution in [3.63, 3.8) is 0 Å². The van der Waals surface area contributed by atoms with Crippen molar-refractivity contribution in [3.8, 4) is 0 Å². The van der Waals surface area contributed by atoms with Crippen molar-refractivity contribution in [1.82, 2.24) is 0 Å². The molecule has 0 heterocycles. The zero-order valence-corrected chi connectivity index (χ0v) is 31.6. The van der Waals surface area contributed by atoms with Gasteiger partial charge in [-0.3, -0.25) is 19.2 Å². The zero-order valence-electron chi connectivity index (χ0n) is 31.6. The summed E-state index contributed by atoms with van der Waals surface area (Å²) in [7, 11) is 1.48. The number of benzene rings is 1. The van der Waals surface area contributed by atoms with Gasteiger partial charge < -0.3 is 19.9 Å². The van der Waals surface area contributed by atoms with Crippen LogP contribution in [0, 0.1) is 50.2 Å². The highest BCUT2D eigenvalue weighted by Gasteiger charge is 2.70. The Hall–Kier alpha value is -3.00. The van der Waals surface area contributed by atoms with Crippen molar-refractivity contribution in [2.75, 3.05) is 7.11 Å². The molecule has 0 spiro atoms. The Morgan fingerprint density at radius 2 is 1.58 bits per heavy atom. The van der Waals surface area contributed by atoms with Crippen LogP contribution in [0.15, 0.2) is 42.0 Å². The molecule has 0 amide bonds. The second kappa shape index (κ2) is 12.6. The second-order valence-electron chi connectivity index (χ2n) is 18.5. The lowest BCUT2D eigenvalue weighted by molar-refractivity contribution is -0.211. The van der Waals surface area contributed by atoms with Gasteiger partial charge in [-0.15, -0.1) is 0 Å². The quantitative estimate of drug-likeness (QED) is 0.231. The maximum absolute atomic E-state index is 14.7. The van der Waals surface area contributed by atoms with Gasteiger partial charge in [0.25, 0.3) is 0 Å². The first-order chi connectivity index (χ1) is 23.3. The fraction of sp³-hybridized carbons (Fsp3) is 0.714. The fourth-order valence-electron chi connectivity index (χ4n) is 12.1. The number of hydrogen-bond acceptors (Lipinski definition) is 8. The van der Waals surface area contributed by atoms with Gasteiger partial charge in [0.05, 0.1) is 18.9 Å². The summed E-state index contributed by atoms with van der Waals surface area (Å²) in [6.45, 7) is 16.0. The maximum atomic E-state index is 14.7. The Labute approximate surface area is 298 Å². The van der Waals surface area contributed by atoms with Crippen LogP contribution in [0.5, 0.6) is 0 Å². The number of ether oxygens (including phenoxy) is 3. The van der Waals surface area contributed by atoms with Crippen LogP contribution in [0.4, 0.5) is 0 Å². The topological polar surface area (TPSA) is 122 Å². The molecule has 2 N–H and O–H groups in total. The first-order valence-electron chi connectivity index (χ1n) is 18.8. The van der Waals surface area contributed by atoms with Gasteiger partial charge in [-0.2, -0.15) is 0 Å². The molecule has 0 saturated heterocycles. The minimum Gasteiger partial charge on any atom is -0.469 e.